The Bertz CT molecular complexity index is 207. The number of amides is 1. The lowest BCUT2D eigenvalue weighted by Crippen LogP contribution is -2.40. The SMILES string of the molecule is CC(=O)OC1CCCN(Cl)C1=O. The highest BCUT2D eigenvalue weighted by Gasteiger charge is 2.29. The van der Waals surface area contributed by atoms with Crippen LogP contribution in [-0.2, 0) is 14.3 Å². The molecule has 0 N–H and O–H groups in total. The maximum atomic E-state index is 11.2. The summed E-state index contributed by atoms with van der Waals surface area (Å²) in [7, 11) is 0. The van der Waals surface area contributed by atoms with Crippen molar-refractivity contribution in [1.82, 2.24) is 4.42 Å². The lowest BCUT2D eigenvalue weighted by molar-refractivity contribution is -0.158. The van der Waals surface area contributed by atoms with E-state index in [2.05, 4.69) is 0 Å². The number of rotatable bonds is 1. The highest BCUT2D eigenvalue weighted by molar-refractivity contribution is 6.22. The Hall–Kier alpha value is -0.770. The Morgan fingerprint density at radius 1 is 1.75 bits per heavy atom. The molecular formula is C7H10ClNO3. The summed E-state index contributed by atoms with van der Waals surface area (Å²) in [4.78, 5) is 21.7. The smallest absolute Gasteiger partial charge is 0.303 e. The molecule has 4 nitrogen and oxygen atoms in total. The molecule has 1 amide bonds. The lowest BCUT2D eigenvalue weighted by atomic mass is 10.1. The van der Waals surface area contributed by atoms with Crippen LogP contribution < -0.4 is 0 Å². The van der Waals surface area contributed by atoms with E-state index in [9.17, 15) is 9.59 Å². The molecule has 1 heterocycles. The van der Waals surface area contributed by atoms with E-state index in [-0.39, 0.29) is 5.91 Å². The van der Waals surface area contributed by atoms with Gasteiger partial charge < -0.3 is 4.74 Å². The van der Waals surface area contributed by atoms with Gasteiger partial charge in [0.2, 0.25) is 0 Å². The molecule has 68 valence electrons. The molecule has 0 radical (unpaired) electrons. The van der Waals surface area contributed by atoms with Crippen molar-refractivity contribution in [3.8, 4) is 0 Å². The molecule has 0 aliphatic carbocycles. The van der Waals surface area contributed by atoms with Crippen LogP contribution >= 0.6 is 11.8 Å². The molecule has 5 heteroatoms. The third-order valence-electron chi connectivity index (χ3n) is 1.64. The van der Waals surface area contributed by atoms with Crippen molar-refractivity contribution < 1.29 is 14.3 Å². The van der Waals surface area contributed by atoms with Crippen LogP contribution in [0, 0.1) is 0 Å². The van der Waals surface area contributed by atoms with Gasteiger partial charge in [-0.15, -0.1) is 0 Å². The molecular weight excluding hydrogens is 182 g/mol. The van der Waals surface area contributed by atoms with Crippen molar-refractivity contribution in [1.29, 1.82) is 0 Å². The number of nitrogens with zero attached hydrogens (tertiary/aromatic N) is 1. The van der Waals surface area contributed by atoms with Gasteiger partial charge in [-0.25, -0.2) is 0 Å². The summed E-state index contributed by atoms with van der Waals surface area (Å²) in [6.07, 6.45) is 0.670. The lowest BCUT2D eigenvalue weighted by Gasteiger charge is -2.25. The monoisotopic (exact) mass is 191 g/mol. The predicted octanol–water partition coefficient (Wildman–Crippen LogP) is 0.694. The quantitative estimate of drug-likeness (QED) is 0.453. The first-order valence-corrected chi connectivity index (χ1v) is 4.09. The number of halogens is 1. The molecule has 0 aromatic rings. The second kappa shape index (κ2) is 3.76. The van der Waals surface area contributed by atoms with E-state index in [1.807, 2.05) is 0 Å². The van der Waals surface area contributed by atoms with Gasteiger partial charge >= 0.3 is 5.97 Å². The highest BCUT2D eigenvalue weighted by atomic mass is 35.5. The summed E-state index contributed by atoms with van der Waals surface area (Å²) < 4.78 is 5.83. The Labute approximate surface area is 75.5 Å². The molecule has 0 spiro atoms. The zero-order valence-corrected chi connectivity index (χ0v) is 7.50. The third kappa shape index (κ3) is 2.11. The zero-order chi connectivity index (χ0) is 9.14. The maximum absolute atomic E-state index is 11.2. The molecule has 1 unspecified atom stereocenters. The highest BCUT2D eigenvalue weighted by Crippen LogP contribution is 2.16. The minimum atomic E-state index is -0.672. The topological polar surface area (TPSA) is 46.6 Å². The van der Waals surface area contributed by atoms with Crippen molar-refractivity contribution in [2.75, 3.05) is 6.54 Å². The molecule has 1 rings (SSSR count). The van der Waals surface area contributed by atoms with E-state index in [4.69, 9.17) is 16.5 Å². The zero-order valence-electron chi connectivity index (χ0n) is 6.75. The van der Waals surface area contributed by atoms with Gasteiger partial charge in [-0.1, -0.05) is 0 Å². The van der Waals surface area contributed by atoms with E-state index in [0.29, 0.717) is 13.0 Å². The first-order valence-electron chi connectivity index (χ1n) is 3.75. The minimum absolute atomic E-state index is 0.321. The molecule has 0 bridgehead atoms. The summed E-state index contributed by atoms with van der Waals surface area (Å²) in [5.74, 6) is -0.765. The average Bonchev–Trinajstić information content (AvgIpc) is 1.98. The van der Waals surface area contributed by atoms with Crippen molar-refractivity contribution in [3.05, 3.63) is 0 Å². The minimum Gasteiger partial charge on any atom is -0.452 e. The van der Waals surface area contributed by atoms with Gasteiger partial charge in [0.25, 0.3) is 5.91 Å². The number of esters is 1. The van der Waals surface area contributed by atoms with Gasteiger partial charge in [-0.05, 0) is 12.8 Å². The average molecular weight is 192 g/mol. The van der Waals surface area contributed by atoms with Crippen LogP contribution in [0.5, 0.6) is 0 Å². The van der Waals surface area contributed by atoms with Gasteiger partial charge in [0, 0.05) is 25.2 Å². The van der Waals surface area contributed by atoms with E-state index in [0.717, 1.165) is 10.8 Å². The molecule has 12 heavy (non-hydrogen) atoms. The van der Waals surface area contributed by atoms with Crippen molar-refractivity contribution in [2.45, 2.75) is 25.9 Å². The molecule has 1 fully saturated rings. The van der Waals surface area contributed by atoms with Crippen molar-refractivity contribution >= 4 is 23.7 Å². The van der Waals surface area contributed by atoms with Gasteiger partial charge in [0.15, 0.2) is 6.10 Å². The first-order chi connectivity index (χ1) is 5.61. The van der Waals surface area contributed by atoms with Crippen molar-refractivity contribution in [2.24, 2.45) is 0 Å². The summed E-state index contributed by atoms with van der Waals surface area (Å²) in [5, 5.41) is 0. The van der Waals surface area contributed by atoms with E-state index in [1.54, 1.807) is 0 Å². The largest absolute Gasteiger partial charge is 0.452 e. The summed E-state index contributed by atoms with van der Waals surface area (Å²) in [6, 6.07) is 0. The van der Waals surface area contributed by atoms with Crippen LogP contribution in [0.3, 0.4) is 0 Å². The summed E-state index contributed by atoms with van der Waals surface area (Å²) >= 11 is 5.54. The van der Waals surface area contributed by atoms with Crippen LogP contribution in [0.2, 0.25) is 0 Å². The van der Waals surface area contributed by atoms with Crippen LogP contribution in [0.4, 0.5) is 0 Å². The predicted molar refractivity (Wildman–Crippen MR) is 42.4 cm³/mol. The summed E-state index contributed by atoms with van der Waals surface area (Å²) in [6.45, 7) is 1.80. The van der Waals surface area contributed by atoms with Gasteiger partial charge in [-0.2, -0.15) is 0 Å². The fourth-order valence-corrected chi connectivity index (χ4v) is 1.34. The molecule has 1 atom stereocenters. The second-order valence-corrected chi connectivity index (χ2v) is 3.07. The summed E-state index contributed by atoms with van der Waals surface area (Å²) in [5.41, 5.74) is 0. The molecule has 0 saturated carbocycles. The van der Waals surface area contributed by atoms with Gasteiger partial charge in [0.05, 0.1) is 0 Å². The van der Waals surface area contributed by atoms with Gasteiger partial charge in [0.1, 0.15) is 0 Å². The molecule has 0 aromatic heterocycles. The number of ether oxygens (including phenoxy) is 1. The van der Waals surface area contributed by atoms with Crippen LogP contribution in [0.25, 0.3) is 0 Å². The molecule has 1 saturated heterocycles. The number of carbonyl (C=O) groups excluding carboxylic acids is 2. The normalized spacial score (nSPS) is 24.0. The van der Waals surface area contributed by atoms with E-state index < -0.39 is 12.1 Å². The first kappa shape index (κ1) is 9.32. The fraction of sp³-hybridized carbons (Fsp3) is 0.714. The molecule has 1 aliphatic heterocycles. The molecule has 1 aliphatic rings. The molecule has 0 aromatic carbocycles. The van der Waals surface area contributed by atoms with Crippen LogP contribution in [0.1, 0.15) is 19.8 Å². The van der Waals surface area contributed by atoms with Crippen LogP contribution in [-0.4, -0.2) is 28.9 Å². The van der Waals surface area contributed by atoms with E-state index >= 15 is 0 Å². The van der Waals surface area contributed by atoms with Gasteiger partial charge in [-0.3, -0.25) is 14.0 Å². The standard InChI is InChI=1S/C7H10ClNO3/c1-5(10)12-6-3-2-4-9(8)7(6)11/h6H,2-4H2,1H3. The number of piperidine rings is 1. The Morgan fingerprint density at radius 2 is 2.42 bits per heavy atom. The fourth-order valence-electron chi connectivity index (χ4n) is 1.12. The second-order valence-electron chi connectivity index (χ2n) is 2.66. The Kier molecular flexibility index (Phi) is 2.92. The Morgan fingerprint density at radius 3 is 3.00 bits per heavy atom. The third-order valence-corrected chi connectivity index (χ3v) is 1.98. The number of hydrogen-bond donors (Lipinski definition) is 0. The number of hydrogen-bond acceptors (Lipinski definition) is 3. The van der Waals surface area contributed by atoms with Crippen LogP contribution in [0.15, 0.2) is 0 Å². The number of carbonyl (C=O) groups is 2. The van der Waals surface area contributed by atoms with Crippen molar-refractivity contribution in [3.63, 3.8) is 0 Å². The Balaban J connectivity index is 2.52. The van der Waals surface area contributed by atoms with E-state index in [1.165, 1.54) is 6.92 Å². The maximum Gasteiger partial charge on any atom is 0.303 e.